The lowest BCUT2D eigenvalue weighted by molar-refractivity contribution is 0.113. The van der Waals surface area contributed by atoms with Crippen LogP contribution in [-0.4, -0.2) is 6.61 Å². The van der Waals surface area contributed by atoms with Crippen LogP contribution in [0.15, 0.2) is 11.8 Å². The highest BCUT2D eigenvalue weighted by molar-refractivity contribution is 4.98. The normalized spacial score (nSPS) is 15.6. The summed E-state index contributed by atoms with van der Waals surface area (Å²) in [7, 11) is 0. The number of hydrogen-bond donors (Lipinski definition) is 1. The Hall–Kier alpha value is -0.500. The third-order valence-electron chi connectivity index (χ3n) is 0.688. The first-order chi connectivity index (χ1) is 3.89. The molecule has 2 heteroatoms. The van der Waals surface area contributed by atoms with Crippen LogP contribution in [0.4, 0.5) is 0 Å². The van der Waals surface area contributed by atoms with Crippen molar-refractivity contribution in [3.63, 3.8) is 0 Å². The Morgan fingerprint density at radius 2 is 2.25 bits per heavy atom. The Kier molecular flexibility index (Phi) is 4.36. The average molecular weight is 115 g/mol. The predicted octanol–water partition coefficient (Wildman–Crippen LogP) is 1.45. The fourth-order valence-electron chi connectivity index (χ4n) is 0.339. The number of nitrogens with one attached hydrogen (secondary N) is 1. The lowest BCUT2D eigenvalue weighted by Crippen LogP contribution is -1.96. The molecule has 1 N–H and O–H groups in total. The van der Waals surface area contributed by atoms with E-state index in [-0.39, 0.29) is 0 Å². The van der Waals surface area contributed by atoms with Gasteiger partial charge in [-0.3, -0.25) is 10.3 Å². The van der Waals surface area contributed by atoms with Gasteiger partial charge in [-0.25, -0.2) is 0 Å². The van der Waals surface area contributed by atoms with Gasteiger partial charge < -0.3 is 0 Å². The SMILES string of the molecule is CC.CC1=CNOC1. The summed E-state index contributed by atoms with van der Waals surface area (Å²) in [5.41, 5.74) is 3.86. The molecule has 0 unspecified atom stereocenters. The van der Waals surface area contributed by atoms with E-state index in [0.717, 1.165) is 6.61 Å². The van der Waals surface area contributed by atoms with Crippen molar-refractivity contribution in [3.05, 3.63) is 11.8 Å². The molecule has 0 aliphatic carbocycles. The van der Waals surface area contributed by atoms with Crippen LogP contribution >= 0.6 is 0 Å². The maximum atomic E-state index is 4.71. The van der Waals surface area contributed by atoms with Crippen molar-refractivity contribution < 1.29 is 4.84 Å². The zero-order chi connectivity index (χ0) is 6.41. The van der Waals surface area contributed by atoms with Gasteiger partial charge in [0.15, 0.2) is 0 Å². The highest BCUT2D eigenvalue weighted by Crippen LogP contribution is 1.94. The van der Waals surface area contributed by atoms with E-state index in [2.05, 4.69) is 5.48 Å². The van der Waals surface area contributed by atoms with Crippen LogP contribution < -0.4 is 5.48 Å². The molecule has 0 bridgehead atoms. The molecular weight excluding hydrogens is 102 g/mol. The van der Waals surface area contributed by atoms with Gasteiger partial charge in [0.1, 0.15) is 0 Å². The van der Waals surface area contributed by atoms with Crippen molar-refractivity contribution in [1.29, 1.82) is 0 Å². The van der Waals surface area contributed by atoms with E-state index in [1.54, 1.807) is 0 Å². The van der Waals surface area contributed by atoms with Crippen LogP contribution in [0.1, 0.15) is 20.8 Å². The molecule has 0 aromatic carbocycles. The van der Waals surface area contributed by atoms with Gasteiger partial charge in [-0.2, -0.15) is 0 Å². The number of hydrogen-bond acceptors (Lipinski definition) is 2. The Morgan fingerprint density at radius 3 is 2.38 bits per heavy atom. The summed E-state index contributed by atoms with van der Waals surface area (Å²) in [4.78, 5) is 4.71. The molecule has 0 radical (unpaired) electrons. The van der Waals surface area contributed by atoms with Crippen LogP contribution in [-0.2, 0) is 4.84 Å². The maximum Gasteiger partial charge on any atom is 0.0971 e. The molecule has 0 spiro atoms. The van der Waals surface area contributed by atoms with Crippen LogP contribution in [0.5, 0.6) is 0 Å². The molecule has 1 aliphatic rings. The molecule has 48 valence electrons. The van der Waals surface area contributed by atoms with Crippen LogP contribution in [0, 0.1) is 0 Å². The predicted molar refractivity (Wildman–Crippen MR) is 34.2 cm³/mol. The first-order valence-electron chi connectivity index (χ1n) is 2.92. The Balaban J connectivity index is 0.000000222. The molecule has 2 nitrogen and oxygen atoms in total. The summed E-state index contributed by atoms with van der Waals surface area (Å²) >= 11 is 0. The second kappa shape index (κ2) is 4.65. The van der Waals surface area contributed by atoms with Crippen molar-refractivity contribution >= 4 is 0 Å². The van der Waals surface area contributed by atoms with Crippen molar-refractivity contribution in [1.82, 2.24) is 5.48 Å². The highest BCUT2D eigenvalue weighted by atomic mass is 16.6. The first kappa shape index (κ1) is 7.50. The number of hydroxylamine groups is 1. The van der Waals surface area contributed by atoms with Crippen LogP contribution in [0.2, 0.25) is 0 Å². The third-order valence-corrected chi connectivity index (χ3v) is 0.688. The standard InChI is InChI=1S/C4H7NO.C2H6/c1-4-2-5-6-3-4;1-2/h2,5H,3H2,1H3;1-2H3. The molecule has 0 aromatic rings. The molecule has 1 aliphatic heterocycles. The smallest absolute Gasteiger partial charge is 0.0971 e. The number of rotatable bonds is 0. The van der Waals surface area contributed by atoms with Crippen molar-refractivity contribution in [2.75, 3.05) is 6.61 Å². The molecule has 1 heterocycles. The van der Waals surface area contributed by atoms with E-state index in [0.29, 0.717) is 0 Å². The molecule has 1 rings (SSSR count). The Labute approximate surface area is 50.5 Å². The van der Waals surface area contributed by atoms with Crippen molar-refractivity contribution in [3.8, 4) is 0 Å². The van der Waals surface area contributed by atoms with E-state index < -0.39 is 0 Å². The molecule has 8 heavy (non-hydrogen) atoms. The lowest BCUT2D eigenvalue weighted by atomic mass is 10.4. The van der Waals surface area contributed by atoms with Gasteiger partial charge in [0, 0.05) is 6.20 Å². The molecule has 0 amide bonds. The second-order valence-electron chi connectivity index (χ2n) is 1.40. The van der Waals surface area contributed by atoms with Crippen LogP contribution in [0.25, 0.3) is 0 Å². The molecular formula is C6H13NO. The van der Waals surface area contributed by atoms with Gasteiger partial charge in [0.05, 0.1) is 6.61 Å². The lowest BCUT2D eigenvalue weighted by Gasteiger charge is -1.83. The first-order valence-corrected chi connectivity index (χ1v) is 2.92. The van der Waals surface area contributed by atoms with E-state index in [1.807, 2.05) is 27.0 Å². The maximum absolute atomic E-state index is 4.71. The second-order valence-corrected chi connectivity index (χ2v) is 1.40. The summed E-state index contributed by atoms with van der Waals surface area (Å²) in [6, 6.07) is 0. The quantitative estimate of drug-likeness (QED) is 0.516. The van der Waals surface area contributed by atoms with E-state index in [9.17, 15) is 0 Å². The Bertz CT molecular complexity index is 78.6. The summed E-state index contributed by atoms with van der Waals surface area (Å²) in [6.07, 6.45) is 1.85. The molecule has 0 atom stereocenters. The molecule has 0 aromatic heterocycles. The molecule has 0 saturated heterocycles. The Morgan fingerprint density at radius 1 is 1.62 bits per heavy atom. The summed E-state index contributed by atoms with van der Waals surface area (Å²) in [5, 5.41) is 0. The van der Waals surface area contributed by atoms with E-state index >= 15 is 0 Å². The zero-order valence-electron chi connectivity index (χ0n) is 5.69. The van der Waals surface area contributed by atoms with Crippen molar-refractivity contribution in [2.24, 2.45) is 0 Å². The van der Waals surface area contributed by atoms with Crippen LogP contribution in [0.3, 0.4) is 0 Å². The van der Waals surface area contributed by atoms with Gasteiger partial charge in [-0.15, -0.1) is 0 Å². The summed E-state index contributed by atoms with van der Waals surface area (Å²) in [5.74, 6) is 0. The van der Waals surface area contributed by atoms with E-state index in [4.69, 9.17) is 4.84 Å². The monoisotopic (exact) mass is 115 g/mol. The van der Waals surface area contributed by atoms with E-state index in [1.165, 1.54) is 5.57 Å². The minimum Gasteiger partial charge on any atom is -0.274 e. The minimum absolute atomic E-state index is 0.736. The van der Waals surface area contributed by atoms with Gasteiger partial charge >= 0.3 is 0 Å². The van der Waals surface area contributed by atoms with Gasteiger partial charge in [-0.1, -0.05) is 13.8 Å². The fraction of sp³-hybridized carbons (Fsp3) is 0.667. The van der Waals surface area contributed by atoms with Gasteiger partial charge in [-0.05, 0) is 12.5 Å². The minimum atomic E-state index is 0.736. The molecule has 0 fully saturated rings. The zero-order valence-corrected chi connectivity index (χ0v) is 5.69. The molecule has 0 saturated carbocycles. The van der Waals surface area contributed by atoms with Crippen molar-refractivity contribution in [2.45, 2.75) is 20.8 Å². The largest absolute Gasteiger partial charge is 0.274 e. The topological polar surface area (TPSA) is 21.3 Å². The summed E-state index contributed by atoms with van der Waals surface area (Å²) < 4.78 is 0. The van der Waals surface area contributed by atoms with Gasteiger partial charge in [0.25, 0.3) is 0 Å². The summed E-state index contributed by atoms with van der Waals surface area (Å²) in [6.45, 7) is 6.75. The van der Waals surface area contributed by atoms with Gasteiger partial charge in [0.2, 0.25) is 0 Å². The highest BCUT2D eigenvalue weighted by Gasteiger charge is 1.93. The third kappa shape index (κ3) is 2.64. The fourth-order valence-corrected chi connectivity index (χ4v) is 0.339. The average Bonchev–Trinajstić information content (AvgIpc) is 2.24.